The van der Waals surface area contributed by atoms with Gasteiger partial charge in [-0.2, -0.15) is 0 Å². The number of carbonyl (C=O) groups excluding carboxylic acids is 4. The van der Waals surface area contributed by atoms with Gasteiger partial charge in [0.2, 0.25) is 5.91 Å². The van der Waals surface area contributed by atoms with Crippen molar-refractivity contribution in [1.82, 2.24) is 10.6 Å². The van der Waals surface area contributed by atoms with Crippen LogP contribution in [0.25, 0.3) is 0 Å². The SMILES string of the molecule is C=CCOC(=O)C[C@H](C(=O)N[C@@H](CCCNC(N)=O)C(=O)Cc1ccc(CO)cc1)C(C)C. The fraction of sp³-hybridized carbons (Fsp3) is 0.500. The third-order valence-electron chi connectivity index (χ3n) is 5.15. The number of hydrogen-bond acceptors (Lipinski definition) is 6. The maximum atomic E-state index is 13.0. The van der Waals surface area contributed by atoms with Crippen LogP contribution in [0.1, 0.15) is 44.2 Å². The normalized spacial score (nSPS) is 12.5. The first-order valence-electron chi connectivity index (χ1n) is 11.0. The monoisotopic (exact) mass is 461 g/mol. The van der Waals surface area contributed by atoms with Crippen molar-refractivity contribution in [1.29, 1.82) is 0 Å². The zero-order chi connectivity index (χ0) is 24.8. The number of carbonyl (C=O) groups is 4. The molecule has 0 fully saturated rings. The smallest absolute Gasteiger partial charge is 0.312 e. The minimum atomic E-state index is -0.796. The summed E-state index contributed by atoms with van der Waals surface area (Å²) >= 11 is 0. The van der Waals surface area contributed by atoms with Gasteiger partial charge in [0.1, 0.15) is 6.61 Å². The van der Waals surface area contributed by atoms with E-state index in [-0.39, 0.29) is 44.3 Å². The van der Waals surface area contributed by atoms with Crippen LogP contribution in [0.3, 0.4) is 0 Å². The summed E-state index contributed by atoms with van der Waals surface area (Å²) in [4.78, 5) is 48.9. The van der Waals surface area contributed by atoms with E-state index in [9.17, 15) is 24.3 Å². The third-order valence-corrected chi connectivity index (χ3v) is 5.15. The molecule has 0 unspecified atom stereocenters. The standard InChI is InChI=1S/C24H35N3O6/c1-4-12-33-22(30)14-19(16(2)3)23(31)27-20(6-5-11-26-24(25)32)21(29)13-17-7-9-18(15-28)10-8-17/h4,7-10,16,19-20,28H,1,5-6,11-15H2,2-3H3,(H,27,31)(H3,25,26,32)/t19-,20-/m0/s1. The number of aliphatic hydroxyl groups excluding tert-OH is 1. The predicted molar refractivity (Wildman–Crippen MR) is 124 cm³/mol. The highest BCUT2D eigenvalue weighted by molar-refractivity contribution is 5.92. The van der Waals surface area contributed by atoms with Gasteiger partial charge in [-0.15, -0.1) is 0 Å². The van der Waals surface area contributed by atoms with E-state index in [4.69, 9.17) is 10.5 Å². The maximum Gasteiger partial charge on any atom is 0.312 e. The molecule has 1 rings (SSSR count). The highest BCUT2D eigenvalue weighted by Crippen LogP contribution is 2.18. The topological polar surface area (TPSA) is 148 Å². The first-order chi connectivity index (χ1) is 15.7. The summed E-state index contributed by atoms with van der Waals surface area (Å²) in [7, 11) is 0. The van der Waals surface area contributed by atoms with E-state index in [0.29, 0.717) is 12.8 Å². The number of amides is 3. The molecule has 0 aliphatic heterocycles. The molecule has 5 N–H and O–H groups in total. The highest BCUT2D eigenvalue weighted by atomic mass is 16.5. The molecule has 0 saturated carbocycles. The number of aliphatic hydroxyl groups is 1. The number of hydrogen-bond donors (Lipinski definition) is 4. The molecule has 33 heavy (non-hydrogen) atoms. The van der Waals surface area contributed by atoms with Crippen molar-refractivity contribution in [3.8, 4) is 0 Å². The van der Waals surface area contributed by atoms with E-state index >= 15 is 0 Å². The van der Waals surface area contributed by atoms with Crippen LogP contribution < -0.4 is 16.4 Å². The molecule has 0 bridgehead atoms. The fourth-order valence-corrected chi connectivity index (χ4v) is 3.22. The van der Waals surface area contributed by atoms with Crippen LogP contribution in [0.5, 0.6) is 0 Å². The van der Waals surface area contributed by atoms with Gasteiger partial charge in [-0.25, -0.2) is 4.79 Å². The Labute approximate surface area is 194 Å². The number of urea groups is 1. The van der Waals surface area contributed by atoms with Crippen LogP contribution in [0.4, 0.5) is 4.79 Å². The van der Waals surface area contributed by atoms with E-state index in [0.717, 1.165) is 11.1 Å². The molecular formula is C24H35N3O6. The van der Waals surface area contributed by atoms with Crippen LogP contribution >= 0.6 is 0 Å². The first-order valence-corrected chi connectivity index (χ1v) is 11.0. The second-order valence-corrected chi connectivity index (χ2v) is 8.14. The Hall–Kier alpha value is -3.20. The van der Waals surface area contributed by atoms with Crippen molar-refractivity contribution in [2.45, 2.75) is 52.2 Å². The number of nitrogens with one attached hydrogen (secondary N) is 2. The number of ether oxygens (including phenoxy) is 1. The van der Waals surface area contributed by atoms with Gasteiger partial charge in [-0.1, -0.05) is 50.8 Å². The molecule has 2 atom stereocenters. The summed E-state index contributed by atoms with van der Waals surface area (Å²) in [6.45, 7) is 7.37. The number of nitrogens with two attached hydrogens (primary N) is 1. The Morgan fingerprint density at radius 1 is 1.15 bits per heavy atom. The summed E-state index contributed by atoms with van der Waals surface area (Å²) in [5.74, 6) is -1.93. The van der Waals surface area contributed by atoms with E-state index < -0.39 is 29.9 Å². The van der Waals surface area contributed by atoms with Gasteiger partial charge in [0.05, 0.1) is 25.0 Å². The lowest BCUT2D eigenvalue weighted by Crippen LogP contribution is -2.46. The summed E-state index contributed by atoms with van der Waals surface area (Å²) in [6.07, 6.45) is 2.16. The molecule has 3 amide bonds. The van der Waals surface area contributed by atoms with Gasteiger partial charge < -0.3 is 26.2 Å². The van der Waals surface area contributed by atoms with E-state index in [1.165, 1.54) is 6.08 Å². The molecular weight excluding hydrogens is 426 g/mol. The van der Waals surface area contributed by atoms with Crippen molar-refractivity contribution in [3.05, 3.63) is 48.0 Å². The minimum absolute atomic E-state index is 0.0638. The quantitative estimate of drug-likeness (QED) is 0.177. The molecule has 0 aliphatic carbocycles. The molecule has 0 saturated heterocycles. The second-order valence-electron chi connectivity index (χ2n) is 8.14. The van der Waals surface area contributed by atoms with Crippen LogP contribution in [-0.4, -0.2) is 48.0 Å². The van der Waals surface area contributed by atoms with Crippen molar-refractivity contribution < 1.29 is 29.0 Å². The van der Waals surface area contributed by atoms with Crippen LogP contribution in [0.15, 0.2) is 36.9 Å². The van der Waals surface area contributed by atoms with E-state index in [1.54, 1.807) is 24.3 Å². The molecule has 1 aromatic rings. The average molecular weight is 462 g/mol. The van der Waals surface area contributed by atoms with Crippen molar-refractivity contribution in [3.63, 3.8) is 0 Å². The molecule has 0 aromatic heterocycles. The summed E-state index contributed by atoms with van der Waals surface area (Å²) in [6, 6.07) is 5.51. The number of rotatable bonds is 15. The van der Waals surface area contributed by atoms with Crippen LogP contribution in [0, 0.1) is 11.8 Å². The Morgan fingerprint density at radius 3 is 2.33 bits per heavy atom. The number of Topliss-reactive ketones (excluding diaryl/α,β-unsaturated/α-hetero) is 1. The van der Waals surface area contributed by atoms with Gasteiger partial charge >= 0.3 is 12.0 Å². The Morgan fingerprint density at radius 2 is 1.79 bits per heavy atom. The molecule has 9 heteroatoms. The summed E-state index contributed by atoms with van der Waals surface area (Å²) in [5.41, 5.74) is 6.56. The number of primary amides is 1. The van der Waals surface area contributed by atoms with E-state index in [2.05, 4.69) is 17.2 Å². The zero-order valence-corrected chi connectivity index (χ0v) is 19.3. The van der Waals surface area contributed by atoms with Crippen LogP contribution in [0.2, 0.25) is 0 Å². The average Bonchev–Trinajstić information content (AvgIpc) is 2.77. The van der Waals surface area contributed by atoms with Crippen molar-refractivity contribution in [2.24, 2.45) is 17.6 Å². The second kappa shape index (κ2) is 14.8. The summed E-state index contributed by atoms with van der Waals surface area (Å²) in [5, 5.41) is 14.4. The number of benzene rings is 1. The van der Waals surface area contributed by atoms with Gasteiger partial charge in [0, 0.05) is 13.0 Å². The van der Waals surface area contributed by atoms with E-state index in [1.807, 2.05) is 13.8 Å². The summed E-state index contributed by atoms with van der Waals surface area (Å²) < 4.78 is 5.00. The Kier molecular flexibility index (Phi) is 12.5. The highest BCUT2D eigenvalue weighted by Gasteiger charge is 2.29. The van der Waals surface area contributed by atoms with Crippen molar-refractivity contribution >= 4 is 23.7 Å². The predicted octanol–water partition coefficient (Wildman–Crippen LogP) is 1.62. The lowest BCUT2D eigenvalue weighted by atomic mass is 9.90. The lowest BCUT2D eigenvalue weighted by molar-refractivity contribution is -0.146. The molecule has 9 nitrogen and oxygen atoms in total. The van der Waals surface area contributed by atoms with Gasteiger partial charge in [0.25, 0.3) is 0 Å². The molecule has 182 valence electrons. The van der Waals surface area contributed by atoms with Gasteiger partial charge in [0.15, 0.2) is 5.78 Å². The molecule has 0 heterocycles. The first kappa shape index (κ1) is 27.8. The minimum Gasteiger partial charge on any atom is -0.461 e. The Balaban J connectivity index is 2.89. The molecule has 0 radical (unpaired) electrons. The largest absolute Gasteiger partial charge is 0.461 e. The maximum absolute atomic E-state index is 13.0. The van der Waals surface area contributed by atoms with Crippen LogP contribution in [-0.2, 0) is 32.1 Å². The van der Waals surface area contributed by atoms with Crippen molar-refractivity contribution in [2.75, 3.05) is 13.2 Å². The molecule has 1 aromatic carbocycles. The third kappa shape index (κ3) is 10.8. The van der Waals surface area contributed by atoms with Gasteiger partial charge in [-0.05, 0) is 29.9 Å². The number of ketones is 1. The molecule has 0 spiro atoms. The lowest BCUT2D eigenvalue weighted by Gasteiger charge is -2.24. The molecule has 0 aliphatic rings. The Bertz CT molecular complexity index is 807. The zero-order valence-electron chi connectivity index (χ0n) is 19.3. The van der Waals surface area contributed by atoms with Gasteiger partial charge in [-0.3, -0.25) is 14.4 Å². The fourth-order valence-electron chi connectivity index (χ4n) is 3.22. The number of esters is 1.